The van der Waals surface area contributed by atoms with Gasteiger partial charge in [-0.2, -0.15) is 0 Å². The minimum Gasteiger partial charge on any atom is -0.347 e. The number of benzene rings is 4. The number of carbonyl (C=O) groups excluding carboxylic acids is 2. The summed E-state index contributed by atoms with van der Waals surface area (Å²) < 4.78 is 4.27. The third kappa shape index (κ3) is 7.48. The molecule has 0 saturated carbocycles. The highest BCUT2D eigenvalue weighted by molar-refractivity contribution is 7.73. The molecule has 8 rings (SSSR count). The molecule has 0 aliphatic carbocycles. The van der Waals surface area contributed by atoms with E-state index in [-0.39, 0.29) is 36.0 Å². The zero-order chi connectivity index (χ0) is 38.3. The van der Waals surface area contributed by atoms with Crippen molar-refractivity contribution >= 4 is 138 Å². The van der Waals surface area contributed by atoms with Crippen molar-refractivity contribution < 1.29 is 9.59 Å². The third-order valence-corrected chi connectivity index (χ3v) is 12.1. The van der Waals surface area contributed by atoms with Crippen molar-refractivity contribution in [1.82, 2.24) is 29.4 Å². The molecule has 4 aromatic carbocycles. The summed E-state index contributed by atoms with van der Waals surface area (Å²) in [6, 6.07) is 24.5. The predicted octanol–water partition coefficient (Wildman–Crippen LogP) is 9.62. The molecular weight excluding hydrogens is 851 g/mol. The van der Waals surface area contributed by atoms with Crippen molar-refractivity contribution in [3.63, 3.8) is 0 Å². The van der Waals surface area contributed by atoms with Crippen LogP contribution in [0.3, 0.4) is 0 Å². The smallest absolute Gasteiger partial charge is 0.265 e. The lowest BCUT2D eigenvalue weighted by atomic mass is 10.2. The highest BCUT2D eigenvalue weighted by Gasteiger charge is 2.20. The Bertz CT molecular complexity index is 2850. The number of nitrogens with zero attached hydrogens (tertiary/aromatic N) is 2. The van der Waals surface area contributed by atoms with E-state index < -0.39 is 0 Å². The second-order valence-electron chi connectivity index (χ2n) is 11.5. The number of H-pyrrole nitrogens is 2. The molecule has 0 aliphatic heterocycles. The highest BCUT2D eigenvalue weighted by Crippen LogP contribution is 2.26. The molecule has 0 fully saturated rings. The number of amides is 2. The molecule has 54 heavy (non-hydrogen) atoms. The van der Waals surface area contributed by atoms with E-state index in [0.29, 0.717) is 70.9 Å². The van der Waals surface area contributed by atoms with Gasteiger partial charge in [-0.05, 0) is 84.1 Å². The molecule has 0 saturated heterocycles. The van der Waals surface area contributed by atoms with Crippen molar-refractivity contribution in [3.05, 3.63) is 155 Å². The monoisotopic (exact) mass is 870 g/mol. The van der Waals surface area contributed by atoms with Gasteiger partial charge in [-0.3, -0.25) is 28.0 Å². The zero-order valence-electron chi connectivity index (χ0n) is 27.2. The van der Waals surface area contributed by atoms with Crippen LogP contribution in [-0.2, 0) is 13.1 Å². The predicted molar refractivity (Wildman–Crippen MR) is 224 cm³/mol. The molecule has 4 N–H and O–H groups in total. The van der Waals surface area contributed by atoms with Crippen LogP contribution in [0.25, 0.3) is 33.1 Å². The molecule has 4 aromatic heterocycles. The first-order valence-corrected chi connectivity index (χ1v) is 19.6. The molecule has 0 aliphatic rings. The maximum Gasteiger partial charge on any atom is 0.265 e. The quantitative estimate of drug-likeness (QED) is 0.123. The first-order valence-electron chi connectivity index (χ1n) is 15.7. The van der Waals surface area contributed by atoms with E-state index in [4.69, 9.17) is 70.8 Å². The van der Waals surface area contributed by atoms with E-state index in [2.05, 4.69) is 20.6 Å². The fraction of sp³-hybridized carbons (Fsp3) is 0.0556. The van der Waals surface area contributed by atoms with Crippen LogP contribution in [0.4, 0.5) is 0 Å². The molecule has 10 nitrogen and oxygen atoms in total. The number of aromatic nitrogens is 4. The highest BCUT2D eigenvalue weighted by atomic mass is 35.5. The van der Waals surface area contributed by atoms with Crippen molar-refractivity contribution in [2.45, 2.75) is 13.1 Å². The second kappa shape index (κ2) is 15.8. The fourth-order valence-corrected chi connectivity index (χ4v) is 8.98. The van der Waals surface area contributed by atoms with Crippen LogP contribution in [0.15, 0.2) is 94.5 Å². The topological polar surface area (TPSA) is 133 Å². The summed E-state index contributed by atoms with van der Waals surface area (Å²) in [6.45, 7) is 0.533. The Labute approximate surface area is 342 Å². The molecule has 0 unspecified atom stereocenters. The average Bonchev–Trinajstić information content (AvgIpc) is 3.66. The van der Waals surface area contributed by atoms with E-state index in [0.717, 1.165) is 33.8 Å². The summed E-state index contributed by atoms with van der Waals surface area (Å²) in [5, 5.41) is 8.51. The van der Waals surface area contributed by atoms with Crippen molar-refractivity contribution in [2.75, 3.05) is 0 Å². The van der Waals surface area contributed by atoms with Crippen LogP contribution in [0, 0.1) is 7.91 Å². The van der Waals surface area contributed by atoms with Gasteiger partial charge in [0.15, 0.2) is 7.91 Å². The molecule has 8 aromatic rings. The van der Waals surface area contributed by atoms with E-state index in [1.165, 1.54) is 0 Å². The van der Waals surface area contributed by atoms with Gasteiger partial charge in [0.2, 0.25) is 0 Å². The number of halogens is 4. The fourth-order valence-electron chi connectivity index (χ4n) is 5.63. The van der Waals surface area contributed by atoms with Gasteiger partial charge in [0, 0.05) is 33.2 Å². The van der Waals surface area contributed by atoms with Crippen LogP contribution in [0.1, 0.15) is 30.5 Å². The summed E-state index contributed by atoms with van der Waals surface area (Å²) in [5.74, 6) is -0.671. The van der Waals surface area contributed by atoms with Gasteiger partial charge in [-0.1, -0.05) is 105 Å². The number of aromatic amines is 2. The molecule has 0 bridgehead atoms. The van der Waals surface area contributed by atoms with Gasteiger partial charge in [0.05, 0.1) is 21.8 Å². The Morgan fingerprint density at radius 2 is 1.00 bits per heavy atom. The summed E-state index contributed by atoms with van der Waals surface area (Å²) in [6.07, 6.45) is 0. The van der Waals surface area contributed by atoms with Crippen LogP contribution in [0.5, 0.6) is 0 Å². The van der Waals surface area contributed by atoms with Gasteiger partial charge in [0.1, 0.15) is 21.0 Å². The number of fused-ring (bicyclic) bond motifs is 6. The lowest BCUT2D eigenvalue weighted by Crippen LogP contribution is -2.23. The van der Waals surface area contributed by atoms with Crippen LogP contribution >= 0.6 is 93.5 Å². The van der Waals surface area contributed by atoms with Crippen LogP contribution < -0.4 is 21.8 Å². The zero-order valence-corrected chi connectivity index (χ0v) is 33.5. The first kappa shape index (κ1) is 37.9. The van der Waals surface area contributed by atoms with Gasteiger partial charge < -0.3 is 20.6 Å². The first-order chi connectivity index (χ1) is 25.9. The van der Waals surface area contributed by atoms with E-state index in [9.17, 15) is 19.2 Å². The lowest BCUT2D eigenvalue weighted by molar-refractivity contribution is 0.0948. The van der Waals surface area contributed by atoms with E-state index >= 15 is 0 Å². The standard InChI is InChI=1S/2C18H11Cl2N3O2S2/c2*19-10-5-6-13-11(7-10)16(24)22-15-14(27-18(26)23(13)15)17(25)21-8-9-3-1-2-4-12(9)20/h2*1-7H,8H2,(H,21,25)(H,22,24). The molecular formula is C36H22Cl4N6O4S4. The van der Waals surface area contributed by atoms with E-state index in [1.54, 1.807) is 57.3 Å². The van der Waals surface area contributed by atoms with E-state index in [1.807, 2.05) is 36.4 Å². The summed E-state index contributed by atoms with van der Waals surface area (Å²) in [4.78, 5) is 56.5. The van der Waals surface area contributed by atoms with Crippen molar-refractivity contribution in [1.29, 1.82) is 0 Å². The van der Waals surface area contributed by atoms with Gasteiger partial charge in [0.25, 0.3) is 22.9 Å². The molecule has 4 heterocycles. The third-order valence-electron chi connectivity index (χ3n) is 8.18. The van der Waals surface area contributed by atoms with Crippen LogP contribution in [0.2, 0.25) is 20.1 Å². The molecule has 0 spiro atoms. The second-order valence-corrected chi connectivity index (χ2v) is 16.5. The summed E-state index contributed by atoms with van der Waals surface area (Å²) in [7, 11) is 0. The Morgan fingerprint density at radius 1 is 0.611 bits per heavy atom. The minimum absolute atomic E-state index is 0.267. The largest absolute Gasteiger partial charge is 0.347 e. The minimum atomic E-state index is -0.336. The van der Waals surface area contributed by atoms with Crippen LogP contribution in [-0.4, -0.2) is 30.6 Å². The number of rotatable bonds is 6. The maximum atomic E-state index is 12.7. The number of hydrogen-bond acceptors (Lipinski definition) is 8. The molecule has 272 valence electrons. The number of carbonyl (C=O) groups is 2. The Morgan fingerprint density at radius 3 is 1.39 bits per heavy atom. The van der Waals surface area contributed by atoms with Gasteiger partial charge in [-0.15, -0.1) is 0 Å². The number of thiazole rings is 2. The Hall–Kier alpha value is -4.38. The van der Waals surface area contributed by atoms with Crippen molar-refractivity contribution in [3.8, 4) is 0 Å². The van der Waals surface area contributed by atoms with Gasteiger partial charge >= 0.3 is 0 Å². The SMILES string of the molecule is O=C(NCc1ccccc1Cl)c1sc(=S)n2c1[nH]c(=O)c1cc(Cl)ccc12.O=C(NCc1ccccc1Cl)c1sc(=S)n2c1[nH]c(=O)c1cc(Cl)ccc12. The summed E-state index contributed by atoms with van der Waals surface area (Å²) >= 11 is 37.3. The number of nitrogens with one attached hydrogen (secondary N) is 4. The molecule has 18 heteroatoms. The van der Waals surface area contributed by atoms with Crippen molar-refractivity contribution in [2.24, 2.45) is 0 Å². The Kier molecular flexibility index (Phi) is 11.1. The molecule has 0 radical (unpaired) electrons. The number of hydrogen-bond donors (Lipinski definition) is 4. The maximum absolute atomic E-state index is 12.7. The normalized spacial score (nSPS) is 11.2. The Balaban J connectivity index is 0.000000167. The molecule has 0 atom stereocenters. The lowest BCUT2D eigenvalue weighted by Gasteiger charge is -2.07. The molecule has 2 amide bonds. The van der Waals surface area contributed by atoms with Gasteiger partial charge in [-0.25, -0.2) is 0 Å². The summed E-state index contributed by atoms with van der Waals surface area (Å²) in [5.41, 5.74) is 2.86. The average molecular weight is 873 g/mol.